The van der Waals surface area contributed by atoms with E-state index < -0.39 is 17.9 Å². The summed E-state index contributed by atoms with van der Waals surface area (Å²) in [5.74, 6) is -1.31. The molecule has 0 spiro atoms. The Morgan fingerprint density at radius 3 is 2.60 bits per heavy atom. The number of hydrogen-bond donors (Lipinski definition) is 0. The van der Waals surface area contributed by atoms with Crippen LogP contribution in [0.4, 0.5) is 17.6 Å². The van der Waals surface area contributed by atoms with Gasteiger partial charge in [0.25, 0.3) is 0 Å². The number of carbonyl (C=O) groups is 1. The van der Waals surface area contributed by atoms with E-state index in [0.29, 0.717) is 0 Å². The van der Waals surface area contributed by atoms with Crippen molar-refractivity contribution in [1.29, 1.82) is 0 Å². The molecule has 0 amide bonds. The zero-order valence-corrected chi connectivity index (χ0v) is 9.82. The second-order valence-electron chi connectivity index (χ2n) is 3.78. The van der Waals surface area contributed by atoms with Gasteiger partial charge in [0.2, 0.25) is 0 Å². The largest absolute Gasteiger partial charge is 0.573 e. The van der Waals surface area contributed by atoms with Crippen LogP contribution in [0.3, 0.4) is 0 Å². The van der Waals surface area contributed by atoms with Crippen LogP contribution in [0, 0.1) is 5.82 Å². The molecule has 0 radical (unpaired) electrons. The summed E-state index contributed by atoms with van der Waals surface area (Å²) in [4.78, 5) is 14.4. The fraction of sp³-hybridized carbons (Fsp3) is 0.0769. The van der Waals surface area contributed by atoms with Crippen molar-refractivity contribution in [2.45, 2.75) is 6.36 Å². The number of carbonyl (C=O) groups excluding carboxylic acids is 1. The first-order chi connectivity index (χ1) is 9.40. The van der Waals surface area contributed by atoms with Crippen LogP contribution in [-0.2, 0) is 0 Å². The highest BCUT2D eigenvalue weighted by atomic mass is 19.4. The number of hydrogen-bond acceptors (Lipinski definition) is 3. The lowest BCUT2D eigenvalue weighted by molar-refractivity contribution is -0.274. The summed E-state index contributed by atoms with van der Waals surface area (Å²) in [6.07, 6.45) is -2.50. The quantitative estimate of drug-likeness (QED) is 0.639. The summed E-state index contributed by atoms with van der Waals surface area (Å²) < 4.78 is 53.6. The Kier molecular flexibility index (Phi) is 3.69. The summed E-state index contributed by atoms with van der Waals surface area (Å²) in [6.45, 7) is 0. The topological polar surface area (TPSA) is 39.2 Å². The van der Waals surface area contributed by atoms with Crippen molar-refractivity contribution in [2.75, 3.05) is 0 Å². The third-order valence-corrected chi connectivity index (χ3v) is 2.44. The molecule has 7 heteroatoms. The van der Waals surface area contributed by atoms with Crippen molar-refractivity contribution in [3.8, 4) is 16.9 Å². The van der Waals surface area contributed by atoms with Crippen molar-refractivity contribution in [3.63, 3.8) is 0 Å². The van der Waals surface area contributed by atoms with Gasteiger partial charge in [0.05, 0.1) is 11.8 Å². The normalized spacial score (nSPS) is 11.2. The third kappa shape index (κ3) is 3.11. The molecule has 0 N–H and O–H groups in total. The molecule has 0 aliphatic rings. The first kappa shape index (κ1) is 14.0. The molecule has 0 bridgehead atoms. The number of pyridine rings is 1. The summed E-state index contributed by atoms with van der Waals surface area (Å²) in [5, 5.41) is 0. The van der Waals surface area contributed by atoms with Crippen molar-refractivity contribution < 1.29 is 27.1 Å². The lowest BCUT2D eigenvalue weighted by Gasteiger charge is -2.11. The average Bonchev–Trinajstić information content (AvgIpc) is 2.36. The second kappa shape index (κ2) is 5.28. The molecule has 0 aliphatic heterocycles. The molecule has 1 heterocycles. The van der Waals surface area contributed by atoms with E-state index in [9.17, 15) is 22.4 Å². The molecule has 1 aromatic carbocycles. The van der Waals surface area contributed by atoms with Gasteiger partial charge in [-0.3, -0.25) is 9.78 Å². The van der Waals surface area contributed by atoms with Gasteiger partial charge in [-0.1, -0.05) is 12.1 Å². The third-order valence-electron chi connectivity index (χ3n) is 2.44. The predicted molar refractivity (Wildman–Crippen MR) is 61.7 cm³/mol. The molecule has 0 unspecified atom stereocenters. The fourth-order valence-electron chi connectivity index (χ4n) is 1.66. The summed E-state index contributed by atoms with van der Waals surface area (Å²) in [7, 11) is 0. The number of halogens is 4. The maximum absolute atomic E-state index is 13.4. The number of ether oxygens (including phenoxy) is 1. The van der Waals surface area contributed by atoms with E-state index in [2.05, 4.69) is 9.72 Å². The van der Waals surface area contributed by atoms with Gasteiger partial charge in [-0.05, 0) is 17.7 Å². The number of nitrogens with zero attached hydrogens (tertiary/aromatic N) is 1. The highest BCUT2D eigenvalue weighted by Crippen LogP contribution is 2.29. The number of benzene rings is 1. The molecular weight excluding hydrogens is 278 g/mol. The molecule has 2 aromatic rings. The van der Waals surface area contributed by atoms with E-state index >= 15 is 0 Å². The first-order valence-corrected chi connectivity index (χ1v) is 5.35. The number of aromatic nitrogens is 1. The first-order valence-electron chi connectivity index (χ1n) is 5.35. The lowest BCUT2D eigenvalue weighted by Crippen LogP contribution is -2.17. The molecule has 104 valence electrons. The molecule has 0 saturated carbocycles. The molecule has 0 atom stereocenters. The minimum Gasteiger partial charge on any atom is -0.406 e. The van der Waals surface area contributed by atoms with Crippen LogP contribution in [0.15, 0.2) is 36.7 Å². The number of aldehydes is 1. The maximum Gasteiger partial charge on any atom is 0.573 e. The standard InChI is InChI=1S/C13H7F4NO2/c14-12-6-18-5-10(11(12)7-19)8-2-1-3-9(4-8)20-13(15,16)17/h1-7H. The van der Waals surface area contributed by atoms with E-state index in [-0.39, 0.29) is 23.0 Å². The van der Waals surface area contributed by atoms with Gasteiger partial charge in [-0.2, -0.15) is 0 Å². The van der Waals surface area contributed by atoms with Crippen LogP contribution in [0.25, 0.3) is 11.1 Å². The molecule has 0 saturated heterocycles. The molecular formula is C13H7F4NO2. The second-order valence-corrected chi connectivity index (χ2v) is 3.78. The van der Waals surface area contributed by atoms with Gasteiger partial charge in [-0.25, -0.2) is 4.39 Å². The van der Waals surface area contributed by atoms with Crippen molar-refractivity contribution in [1.82, 2.24) is 4.98 Å². The minimum atomic E-state index is -4.83. The Hall–Kier alpha value is -2.44. The van der Waals surface area contributed by atoms with Gasteiger partial charge in [0.15, 0.2) is 12.1 Å². The smallest absolute Gasteiger partial charge is 0.406 e. The van der Waals surface area contributed by atoms with E-state index in [1.807, 2.05) is 0 Å². The lowest BCUT2D eigenvalue weighted by atomic mass is 10.0. The van der Waals surface area contributed by atoms with Gasteiger partial charge in [-0.15, -0.1) is 13.2 Å². The Morgan fingerprint density at radius 1 is 1.20 bits per heavy atom. The maximum atomic E-state index is 13.4. The fourth-order valence-corrected chi connectivity index (χ4v) is 1.66. The minimum absolute atomic E-state index is 0.0904. The van der Waals surface area contributed by atoms with Gasteiger partial charge < -0.3 is 4.74 Å². The van der Waals surface area contributed by atoms with E-state index in [0.717, 1.165) is 18.3 Å². The number of rotatable bonds is 3. The molecule has 3 nitrogen and oxygen atoms in total. The number of alkyl halides is 3. The monoisotopic (exact) mass is 285 g/mol. The van der Waals surface area contributed by atoms with Crippen molar-refractivity contribution in [3.05, 3.63) is 48.0 Å². The van der Waals surface area contributed by atoms with Gasteiger partial charge >= 0.3 is 6.36 Å². The van der Waals surface area contributed by atoms with Crippen LogP contribution >= 0.6 is 0 Å². The van der Waals surface area contributed by atoms with E-state index in [1.54, 1.807) is 0 Å². The van der Waals surface area contributed by atoms with Crippen LogP contribution in [0.5, 0.6) is 5.75 Å². The summed E-state index contributed by atoms with van der Waals surface area (Å²) >= 11 is 0. The Labute approximate surface area is 110 Å². The average molecular weight is 285 g/mol. The van der Waals surface area contributed by atoms with E-state index in [4.69, 9.17) is 0 Å². The van der Waals surface area contributed by atoms with Crippen LogP contribution in [0.1, 0.15) is 10.4 Å². The highest BCUT2D eigenvalue weighted by Gasteiger charge is 2.31. The van der Waals surface area contributed by atoms with Crippen LogP contribution in [0.2, 0.25) is 0 Å². The van der Waals surface area contributed by atoms with Gasteiger partial charge in [0.1, 0.15) is 5.75 Å². The SMILES string of the molecule is O=Cc1c(F)cncc1-c1cccc(OC(F)(F)F)c1. The molecule has 2 rings (SSSR count). The predicted octanol–water partition coefficient (Wildman–Crippen LogP) is 3.60. The van der Waals surface area contributed by atoms with Crippen molar-refractivity contribution >= 4 is 6.29 Å². The molecule has 20 heavy (non-hydrogen) atoms. The Balaban J connectivity index is 2.46. The Morgan fingerprint density at radius 2 is 1.95 bits per heavy atom. The molecule has 0 fully saturated rings. The van der Waals surface area contributed by atoms with Crippen molar-refractivity contribution in [2.24, 2.45) is 0 Å². The zero-order chi connectivity index (χ0) is 14.8. The zero-order valence-electron chi connectivity index (χ0n) is 9.82. The van der Waals surface area contributed by atoms with Crippen LogP contribution < -0.4 is 4.74 Å². The summed E-state index contributed by atoms with van der Waals surface area (Å²) in [5.41, 5.74) is 0.0117. The van der Waals surface area contributed by atoms with Gasteiger partial charge in [0, 0.05) is 11.8 Å². The van der Waals surface area contributed by atoms with Crippen LogP contribution in [-0.4, -0.2) is 17.6 Å². The molecule has 1 aromatic heterocycles. The molecule has 0 aliphatic carbocycles. The summed E-state index contributed by atoms with van der Waals surface area (Å²) in [6, 6.07) is 4.88. The Bertz CT molecular complexity index is 641. The highest BCUT2D eigenvalue weighted by molar-refractivity contribution is 5.87. The van der Waals surface area contributed by atoms with E-state index in [1.165, 1.54) is 18.3 Å².